The van der Waals surface area contributed by atoms with Crippen molar-refractivity contribution in [3.63, 3.8) is 0 Å². The average Bonchev–Trinajstić information content (AvgIpc) is 3.27. The topological polar surface area (TPSA) is 62.2 Å². The molecule has 2 aromatic rings. The van der Waals surface area contributed by atoms with Crippen molar-refractivity contribution < 1.29 is 28.2 Å². The van der Waals surface area contributed by atoms with Crippen molar-refractivity contribution in [2.75, 3.05) is 31.1 Å². The molecular weight excluding hydrogens is 430 g/mol. The number of nitrogens with zero attached hydrogens (tertiary/aromatic N) is 2. The molecule has 8 heteroatoms. The van der Waals surface area contributed by atoms with E-state index in [2.05, 4.69) is 0 Å². The predicted octanol–water partition coefficient (Wildman–Crippen LogP) is 4.43. The first-order valence-electron chi connectivity index (χ1n) is 11.3. The summed E-state index contributed by atoms with van der Waals surface area (Å²) in [6.07, 6.45) is 3.28. The molecule has 0 saturated carbocycles. The number of hydrogen-bond donors (Lipinski definition) is 1. The van der Waals surface area contributed by atoms with E-state index in [9.17, 15) is 18.7 Å². The molecule has 2 aromatic carbocycles. The fourth-order valence-corrected chi connectivity index (χ4v) is 5.07. The molecule has 174 valence electrons. The molecule has 3 heterocycles. The molecule has 0 bridgehead atoms. The van der Waals surface area contributed by atoms with Crippen LogP contribution in [0.25, 0.3) is 0 Å². The van der Waals surface area contributed by atoms with Gasteiger partial charge in [0.15, 0.2) is 5.88 Å². The van der Waals surface area contributed by atoms with Gasteiger partial charge in [0.25, 0.3) is 0 Å². The van der Waals surface area contributed by atoms with Crippen molar-refractivity contribution >= 4 is 11.7 Å². The minimum absolute atomic E-state index is 0.0105. The third kappa shape index (κ3) is 4.15. The van der Waals surface area contributed by atoms with Crippen LogP contribution in [-0.2, 0) is 9.53 Å². The molecule has 5 rings (SSSR count). The van der Waals surface area contributed by atoms with Crippen molar-refractivity contribution in [3.05, 3.63) is 71.1 Å². The second-order valence-corrected chi connectivity index (χ2v) is 8.79. The number of halogens is 2. The van der Waals surface area contributed by atoms with E-state index >= 15 is 0 Å². The lowest BCUT2D eigenvalue weighted by atomic mass is 9.91. The number of para-hydroxylation sites is 1. The van der Waals surface area contributed by atoms with Crippen LogP contribution < -0.4 is 9.64 Å². The first-order chi connectivity index (χ1) is 15.9. The number of morpholine rings is 1. The number of carboxylic acid groups (broad SMARTS) is 1. The van der Waals surface area contributed by atoms with E-state index in [1.54, 1.807) is 12.1 Å². The van der Waals surface area contributed by atoms with Crippen LogP contribution in [0, 0.1) is 11.6 Å². The lowest BCUT2D eigenvalue weighted by Crippen LogP contribution is -2.42. The summed E-state index contributed by atoms with van der Waals surface area (Å²) in [6, 6.07) is 8.86. The molecule has 0 aliphatic carbocycles. The molecule has 0 spiro atoms. The second-order valence-electron chi connectivity index (χ2n) is 8.79. The van der Waals surface area contributed by atoms with E-state index in [1.807, 2.05) is 28.9 Å². The van der Waals surface area contributed by atoms with Crippen LogP contribution in [0.3, 0.4) is 0 Å². The van der Waals surface area contributed by atoms with E-state index in [0.29, 0.717) is 49.1 Å². The maximum Gasteiger partial charge on any atom is 0.315 e. The summed E-state index contributed by atoms with van der Waals surface area (Å²) in [7, 11) is 0. The Kier molecular flexibility index (Phi) is 5.70. The number of carbonyl (C=O) groups is 1. The minimum Gasteiger partial charge on any atom is -0.481 e. The van der Waals surface area contributed by atoms with Crippen LogP contribution in [-0.4, -0.2) is 48.3 Å². The Morgan fingerprint density at radius 2 is 1.88 bits per heavy atom. The number of hydrogen-bond acceptors (Lipinski definition) is 5. The van der Waals surface area contributed by atoms with Crippen LogP contribution in [0.4, 0.5) is 14.5 Å². The van der Waals surface area contributed by atoms with Gasteiger partial charge in [-0.25, -0.2) is 8.78 Å². The van der Waals surface area contributed by atoms with Gasteiger partial charge < -0.3 is 24.4 Å². The van der Waals surface area contributed by atoms with Gasteiger partial charge in [0, 0.05) is 42.5 Å². The fraction of sp³-hybridized carbons (Fsp3) is 0.400. The van der Waals surface area contributed by atoms with Gasteiger partial charge in [0.1, 0.15) is 23.3 Å². The molecule has 2 fully saturated rings. The van der Waals surface area contributed by atoms with Gasteiger partial charge in [0.05, 0.1) is 18.8 Å². The van der Waals surface area contributed by atoms with Crippen molar-refractivity contribution in [2.45, 2.75) is 37.8 Å². The molecule has 0 amide bonds. The Morgan fingerprint density at radius 1 is 1.12 bits per heavy atom. The van der Waals surface area contributed by atoms with E-state index in [-0.39, 0.29) is 12.1 Å². The molecule has 0 radical (unpaired) electrons. The Balaban J connectivity index is 1.54. The summed E-state index contributed by atoms with van der Waals surface area (Å²) in [5, 5.41) is 9.96. The predicted molar refractivity (Wildman–Crippen MR) is 118 cm³/mol. The van der Waals surface area contributed by atoms with E-state index in [4.69, 9.17) is 9.47 Å². The maximum absolute atomic E-state index is 13.9. The van der Waals surface area contributed by atoms with Gasteiger partial charge >= 0.3 is 5.97 Å². The lowest BCUT2D eigenvalue weighted by molar-refractivity contribution is -0.137. The number of carboxylic acids is 1. The van der Waals surface area contributed by atoms with Crippen LogP contribution in [0.2, 0.25) is 0 Å². The third-order valence-corrected chi connectivity index (χ3v) is 6.54. The molecule has 1 N–H and O–H groups in total. The normalized spacial score (nSPS) is 24.8. The van der Waals surface area contributed by atoms with Crippen molar-refractivity contribution in [3.8, 4) is 5.75 Å². The van der Waals surface area contributed by atoms with Crippen molar-refractivity contribution in [1.29, 1.82) is 0 Å². The Morgan fingerprint density at radius 3 is 2.61 bits per heavy atom. The molecule has 3 aliphatic heterocycles. The molecule has 3 atom stereocenters. The SMILES string of the molecule is CC1CN(C2=CC(C(=O)O)c3cccc(C4CCCN4c4cc(F)cc(F)c4)c3O2)CCO1. The number of ether oxygens (including phenoxy) is 2. The molecule has 3 unspecified atom stereocenters. The van der Waals surface area contributed by atoms with Gasteiger partial charge in [-0.05, 0) is 38.0 Å². The second kappa shape index (κ2) is 8.67. The molecule has 33 heavy (non-hydrogen) atoms. The van der Waals surface area contributed by atoms with Crippen LogP contribution in [0.5, 0.6) is 5.75 Å². The molecule has 2 saturated heterocycles. The lowest BCUT2D eigenvalue weighted by Gasteiger charge is -2.37. The summed E-state index contributed by atoms with van der Waals surface area (Å²) in [5.74, 6) is -2.01. The quantitative estimate of drug-likeness (QED) is 0.735. The summed E-state index contributed by atoms with van der Waals surface area (Å²) in [4.78, 5) is 16.1. The summed E-state index contributed by atoms with van der Waals surface area (Å²) < 4.78 is 39.9. The smallest absolute Gasteiger partial charge is 0.315 e. The fourth-order valence-electron chi connectivity index (χ4n) is 5.07. The summed E-state index contributed by atoms with van der Waals surface area (Å²) in [6.45, 7) is 4.36. The molecular formula is C25H26F2N2O4. The van der Waals surface area contributed by atoms with Gasteiger partial charge in [-0.15, -0.1) is 0 Å². The number of anilines is 1. The average molecular weight is 456 g/mol. The highest BCUT2D eigenvalue weighted by molar-refractivity contribution is 5.81. The molecule has 0 aromatic heterocycles. The Labute approximate surface area is 191 Å². The minimum atomic E-state index is -0.953. The van der Waals surface area contributed by atoms with Crippen LogP contribution in [0.1, 0.15) is 42.9 Å². The van der Waals surface area contributed by atoms with Gasteiger partial charge in [-0.3, -0.25) is 4.79 Å². The zero-order valence-electron chi connectivity index (χ0n) is 18.3. The van der Waals surface area contributed by atoms with E-state index < -0.39 is 23.5 Å². The Hall–Kier alpha value is -3.13. The standard InChI is InChI=1S/C25H26F2N2O4/c1-15-14-28(8-9-32-15)23-13-21(25(30)31)19-4-2-5-20(24(19)33-23)22-6-3-7-29(22)18-11-16(26)10-17(27)12-18/h2,4-5,10-13,15,21-22H,3,6-9,14H2,1H3,(H,30,31). The Bertz CT molecular complexity index is 1090. The highest BCUT2D eigenvalue weighted by Gasteiger charge is 2.36. The maximum atomic E-state index is 13.9. The molecule has 6 nitrogen and oxygen atoms in total. The number of benzene rings is 2. The van der Waals surface area contributed by atoms with Gasteiger partial charge in [-0.1, -0.05) is 18.2 Å². The van der Waals surface area contributed by atoms with Crippen LogP contribution in [0.15, 0.2) is 48.4 Å². The largest absolute Gasteiger partial charge is 0.481 e. The van der Waals surface area contributed by atoms with Crippen LogP contribution >= 0.6 is 0 Å². The first kappa shape index (κ1) is 21.7. The molecule has 3 aliphatic rings. The number of rotatable bonds is 4. The van der Waals surface area contributed by atoms with E-state index in [1.165, 1.54) is 12.1 Å². The highest BCUT2D eigenvalue weighted by atomic mass is 19.1. The van der Waals surface area contributed by atoms with Crippen molar-refractivity contribution in [2.24, 2.45) is 0 Å². The number of aliphatic carboxylic acids is 1. The van der Waals surface area contributed by atoms with Gasteiger partial charge in [0.2, 0.25) is 0 Å². The third-order valence-electron chi connectivity index (χ3n) is 6.54. The zero-order valence-corrected chi connectivity index (χ0v) is 18.3. The first-order valence-corrected chi connectivity index (χ1v) is 11.3. The van der Waals surface area contributed by atoms with E-state index in [0.717, 1.165) is 24.5 Å². The monoisotopic (exact) mass is 456 g/mol. The summed E-state index contributed by atoms with van der Waals surface area (Å²) >= 11 is 0. The highest BCUT2D eigenvalue weighted by Crippen LogP contribution is 2.46. The summed E-state index contributed by atoms with van der Waals surface area (Å²) in [5.41, 5.74) is 1.88. The zero-order chi connectivity index (χ0) is 23.1. The number of fused-ring (bicyclic) bond motifs is 1. The van der Waals surface area contributed by atoms with Crippen molar-refractivity contribution in [1.82, 2.24) is 4.90 Å². The van der Waals surface area contributed by atoms with Gasteiger partial charge in [-0.2, -0.15) is 0 Å².